The molecular weight excluding hydrogens is 304 g/mol. The summed E-state index contributed by atoms with van der Waals surface area (Å²) < 4.78 is 34.2. The van der Waals surface area contributed by atoms with Crippen LogP contribution in [0, 0.1) is 5.92 Å². The fourth-order valence-electron chi connectivity index (χ4n) is 2.67. The second-order valence-electron chi connectivity index (χ2n) is 5.65. The first-order valence-electron chi connectivity index (χ1n) is 7.43. The average Bonchev–Trinajstić information content (AvgIpc) is 3.13. The van der Waals surface area contributed by atoms with E-state index >= 15 is 0 Å². The molecule has 0 aliphatic heterocycles. The minimum absolute atomic E-state index is 0.0564. The Morgan fingerprint density at radius 2 is 2.17 bits per heavy atom. The van der Waals surface area contributed by atoms with Crippen molar-refractivity contribution in [3.8, 4) is 5.75 Å². The number of halogens is 2. The highest BCUT2D eigenvalue weighted by Crippen LogP contribution is 2.47. The summed E-state index contributed by atoms with van der Waals surface area (Å²) in [6, 6.07) is 9.73. The number of hydrogen-bond acceptors (Lipinski definition) is 3. The lowest BCUT2D eigenvalue weighted by Gasteiger charge is -2.15. The molecule has 0 radical (unpaired) electrons. The molecule has 1 fully saturated rings. The molecule has 1 aliphatic carbocycles. The fourth-order valence-corrected chi connectivity index (χ4v) is 2.67. The Labute approximate surface area is 132 Å². The number of nitrogens with one attached hydrogen (secondary N) is 1. The second kappa shape index (κ2) is 6.40. The number of benzene rings is 1. The topological polar surface area (TPSA) is 51.5 Å². The molecule has 1 heterocycles. The van der Waals surface area contributed by atoms with E-state index in [4.69, 9.17) is 4.42 Å². The lowest BCUT2D eigenvalue weighted by molar-refractivity contribution is -0.123. The molecule has 1 saturated carbocycles. The highest BCUT2D eigenvalue weighted by molar-refractivity contribution is 5.83. The molecule has 1 aromatic heterocycles. The Balaban J connectivity index is 1.59. The van der Waals surface area contributed by atoms with Crippen LogP contribution in [0.15, 0.2) is 47.1 Å². The quantitative estimate of drug-likeness (QED) is 0.879. The molecule has 2 aromatic rings. The van der Waals surface area contributed by atoms with Crippen LogP contribution in [0.2, 0.25) is 0 Å². The van der Waals surface area contributed by atoms with Gasteiger partial charge in [-0.05, 0) is 43.2 Å². The molecule has 1 aliphatic rings. The molecule has 122 valence electrons. The van der Waals surface area contributed by atoms with E-state index in [-0.39, 0.29) is 29.5 Å². The molecule has 0 saturated heterocycles. The first-order chi connectivity index (χ1) is 11.0. The van der Waals surface area contributed by atoms with Gasteiger partial charge >= 0.3 is 6.61 Å². The van der Waals surface area contributed by atoms with Gasteiger partial charge in [0.1, 0.15) is 11.5 Å². The summed E-state index contributed by atoms with van der Waals surface area (Å²) >= 11 is 0. The molecule has 23 heavy (non-hydrogen) atoms. The van der Waals surface area contributed by atoms with E-state index in [1.54, 1.807) is 24.5 Å². The minimum atomic E-state index is -2.87. The van der Waals surface area contributed by atoms with E-state index in [9.17, 15) is 13.6 Å². The van der Waals surface area contributed by atoms with Crippen LogP contribution in [0.5, 0.6) is 5.75 Å². The molecule has 4 nitrogen and oxygen atoms in total. The largest absolute Gasteiger partial charge is 0.469 e. The number of alkyl halides is 2. The van der Waals surface area contributed by atoms with E-state index < -0.39 is 6.61 Å². The first kappa shape index (κ1) is 15.5. The van der Waals surface area contributed by atoms with Crippen molar-refractivity contribution in [1.82, 2.24) is 5.32 Å². The smallest absolute Gasteiger partial charge is 0.387 e. The van der Waals surface area contributed by atoms with Crippen LogP contribution < -0.4 is 10.1 Å². The Bertz CT molecular complexity index is 672. The third-order valence-corrected chi connectivity index (χ3v) is 3.98. The second-order valence-corrected chi connectivity index (χ2v) is 5.65. The predicted molar refractivity (Wildman–Crippen MR) is 79.2 cm³/mol. The molecular formula is C17H17F2NO3. The van der Waals surface area contributed by atoms with Crippen molar-refractivity contribution >= 4 is 5.91 Å². The van der Waals surface area contributed by atoms with Gasteiger partial charge in [-0.15, -0.1) is 0 Å². The van der Waals surface area contributed by atoms with Gasteiger partial charge in [0.05, 0.1) is 12.3 Å². The van der Waals surface area contributed by atoms with Crippen molar-refractivity contribution in [1.29, 1.82) is 0 Å². The standard InChI is InChI=1S/C17H17F2NO3/c1-10(11-4-2-5-12(8-11)23-17(18)19)20-16(21)14-9-13(14)15-6-3-7-22-15/h2-8,10,13-14,17H,9H2,1H3,(H,20,21). The Morgan fingerprint density at radius 3 is 2.87 bits per heavy atom. The van der Waals surface area contributed by atoms with Crippen molar-refractivity contribution in [2.45, 2.75) is 31.9 Å². The third-order valence-electron chi connectivity index (χ3n) is 3.98. The summed E-state index contributed by atoms with van der Waals surface area (Å²) in [5.41, 5.74) is 0.715. The van der Waals surface area contributed by atoms with Crippen molar-refractivity contribution in [2.24, 2.45) is 5.92 Å². The molecule has 1 aromatic carbocycles. The first-order valence-corrected chi connectivity index (χ1v) is 7.43. The number of ether oxygens (including phenoxy) is 1. The molecule has 3 rings (SSSR count). The lowest BCUT2D eigenvalue weighted by atomic mass is 10.1. The maximum absolute atomic E-state index is 12.3. The maximum atomic E-state index is 12.3. The van der Waals surface area contributed by atoms with Crippen molar-refractivity contribution < 1.29 is 22.7 Å². The van der Waals surface area contributed by atoms with Gasteiger partial charge in [0.15, 0.2) is 0 Å². The van der Waals surface area contributed by atoms with Gasteiger partial charge in [0.2, 0.25) is 5.91 Å². The zero-order valence-electron chi connectivity index (χ0n) is 12.5. The minimum Gasteiger partial charge on any atom is -0.469 e. The molecule has 3 atom stereocenters. The molecule has 1 N–H and O–H groups in total. The van der Waals surface area contributed by atoms with Gasteiger partial charge in [-0.3, -0.25) is 4.79 Å². The Morgan fingerprint density at radius 1 is 1.35 bits per heavy atom. The highest BCUT2D eigenvalue weighted by Gasteiger charge is 2.46. The van der Waals surface area contributed by atoms with Crippen molar-refractivity contribution in [2.75, 3.05) is 0 Å². The predicted octanol–water partition coefficient (Wildman–Crippen LogP) is 3.86. The van der Waals surface area contributed by atoms with Crippen LogP contribution in [0.1, 0.15) is 36.6 Å². The highest BCUT2D eigenvalue weighted by atomic mass is 19.3. The van der Waals surface area contributed by atoms with E-state index in [2.05, 4.69) is 10.1 Å². The van der Waals surface area contributed by atoms with E-state index in [0.29, 0.717) is 5.56 Å². The summed E-state index contributed by atoms with van der Waals surface area (Å²) in [7, 11) is 0. The van der Waals surface area contributed by atoms with E-state index in [1.807, 2.05) is 13.0 Å². The SMILES string of the molecule is CC(NC(=O)C1CC1c1ccco1)c1cccc(OC(F)F)c1. The van der Waals surface area contributed by atoms with Gasteiger partial charge in [0, 0.05) is 11.8 Å². The number of hydrogen-bond donors (Lipinski definition) is 1. The maximum Gasteiger partial charge on any atom is 0.387 e. The fraction of sp³-hybridized carbons (Fsp3) is 0.353. The number of amides is 1. The summed E-state index contributed by atoms with van der Waals surface area (Å²) in [4.78, 5) is 12.3. The number of carbonyl (C=O) groups is 1. The number of rotatable bonds is 6. The Hall–Kier alpha value is -2.37. The lowest BCUT2D eigenvalue weighted by Crippen LogP contribution is -2.28. The summed E-state index contributed by atoms with van der Waals surface area (Å²) in [5.74, 6) is 0.887. The van der Waals surface area contributed by atoms with Crippen LogP contribution >= 0.6 is 0 Å². The van der Waals surface area contributed by atoms with Crippen LogP contribution in [0.25, 0.3) is 0 Å². The number of furan rings is 1. The van der Waals surface area contributed by atoms with E-state index in [1.165, 1.54) is 12.1 Å². The van der Waals surface area contributed by atoms with Gasteiger partial charge in [-0.25, -0.2) is 0 Å². The number of carbonyl (C=O) groups excluding carboxylic acids is 1. The molecule has 6 heteroatoms. The van der Waals surface area contributed by atoms with Gasteiger partial charge in [0.25, 0.3) is 0 Å². The zero-order chi connectivity index (χ0) is 16.4. The molecule has 0 spiro atoms. The monoisotopic (exact) mass is 321 g/mol. The van der Waals surface area contributed by atoms with Crippen LogP contribution in [-0.2, 0) is 4.79 Å². The van der Waals surface area contributed by atoms with Crippen LogP contribution in [0.4, 0.5) is 8.78 Å². The summed E-state index contributed by atoms with van der Waals surface area (Å²) in [5, 5.41) is 2.91. The summed E-state index contributed by atoms with van der Waals surface area (Å²) in [6.07, 6.45) is 2.36. The third kappa shape index (κ3) is 3.70. The summed E-state index contributed by atoms with van der Waals surface area (Å²) in [6.45, 7) is -1.06. The van der Waals surface area contributed by atoms with Crippen molar-refractivity contribution in [3.05, 3.63) is 54.0 Å². The van der Waals surface area contributed by atoms with E-state index in [0.717, 1.165) is 12.2 Å². The van der Waals surface area contributed by atoms with Crippen LogP contribution in [-0.4, -0.2) is 12.5 Å². The van der Waals surface area contributed by atoms with Crippen molar-refractivity contribution in [3.63, 3.8) is 0 Å². The van der Waals surface area contributed by atoms with Gasteiger partial charge in [-0.2, -0.15) is 8.78 Å². The van der Waals surface area contributed by atoms with Gasteiger partial charge < -0.3 is 14.5 Å². The van der Waals surface area contributed by atoms with Crippen LogP contribution in [0.3, 0.4) is 0 Å². The average molecular weight is 321 g/mol. The molecule has 1 amide bonds. The zero-order valence-corrected chi connectivity index (χ0v) is 12.5. The normalized spacial score (nSPS) is 21.0. The van der Waals surface area contributed by atoms with Gasteiger partial charge in [-0.1, -0.05) is 12.1 Å². The molecule has 0 bridgehead atoms. The molecule has 3 unspecified atom stereocenters. The Kier molecular flexibility index (Phi) is 4.32.